The van der Waals surface area contributed by atoms with Gasteiger partial charge >= 0.3 is 0 Å². The van der Waals surface area contributed by atoms with Crippen LogP contribution in [0.25, 0.3) is 0 Å². The summed E-state index contributed by atoms with van der Waals surface area (Å²) in [6.45, 7) is 4.00. The summed E-state index contributed by atoms with van der Waals surface area (Å²) in [5.74, 6) is 7.40. The van der Waals surface area contributed by atoms with Crippen molar-refractivity contribution in [1.29, 1.82) is 0 Å². The van der Waals surface area contributed by atoms with Crippen molar-refractivity contribution in [1.82, 2.24) is 4.31 Å². The van der Waals surface area contributed by atoms with E-state index in [9.17, 15) is 8.42 Å². The molecule has 2 bridgehead atoms. The highest BCUT2D eigenvalue weighted by Gasteiger charge is 2.52. The van der Waals surface area contributed by atoms with Crippen LogP contribution in [0.1, 0.15) is 44.5 Å². The molecule has 0 fully saturated rings. The molecule has 43 heavy (non-hydrogen) atoms. The van der Waals surface area contributed by atoms with E-state index in [1.54, 1.807) is 30.7 Å². The second kappa shape index (κ2) is 10.5. The first-order chi connectivity index (χ1) is 20.8. The zero-order chi connectivity index (χ0) is 29.8. The summed E-state index contributed by atoms with van der Waals surface area (Å²) < 4.78 is 52.8. The summed E-state index contributed by atoms with van der Waals surface area (Å²) in [5.41, 5.74) is 6.76. The zero-order valence-corrected chi connectivity index (χ0v) is 25.3. The molecule has 7 nitrogen and oxygen atoms in total. The Morgan fingerprint density at radius 3 is 2.33 bits per heavy atom. The summed E-state index contributed by atoms with van der Waals surface area (Å²) in [6, 6.07) is 14.8. The lowest BCUT2D eigenvalue weighted by molar-refractivity contribution is 0.0413. The lowest BCUT2D eigenvalue weighted by Gasteiger charge is -2.49. The fourth-order valence-electron chi connectivity index (χ4n) is 6.72. The van der Waals surface area contributed by atoms with Gasteiger partial charge in [-0.3, -0.25) is 0 Å². The van der Waals surface area contributed by atoms with E-state index in [1.165, 1.54) is 0 Å². The first kappa shape index (κ1) is 28.1. The number of rotatable bonds is 7. The zero-order valence-electron chi connectivity index (χ0n) is 24.5. The lowest BCUT2D eigenvalue weighted by atomic mass is 9.60. The summed E-state index contributed by atoms with van der Waals surface area (Å²) in [6.07, 6.45) is 8.50. The molecule has 0 aromatic heterocycles. The van der Waals surface area contributed by atoms with Crippen LogP contribution in [0.2, 0.25) is 0 Å². The van der Waals surface area contributed by atoms with Gasteiger partial charge in [0.05, 0.1) is 37.2 Å². The maximum atomic E-state index is 13.9. The number of fused-ring (bicyclic) bond motifs is 1. The largest absolute Gasteiger partial charge is 0.497 e. The van der Waals surface area contributed by atoms with Gasteiger partial charge < -0.3 is 18.9 Å². The molecule has 0 radical (unpaired) electrons. The lowest BCUT2D eigenvalue weighted by Crippen LogP contribution is -2.46. The van der Waals surface area contributed by atoms with Crippen molar-refractivity contribution < 1.29 is 27.4 Å². The van der Waals surface area contributed by atoms with Crippen LogP contribution in [0.5, 0.6) is 5.75 Å². The van der Waals surface area contributed by atoms with Gasteiger partial charge in [0.2, 0.25) is 10.0 Å². The minimum Gasteiger partial charge on any atom is -0.497 e. The Hall–Kier alpha value is -3.71. The Kier molecular flexibility index (Phi) is 6.84. The quantitative estimate of drug-likeness (QED) is 0.217. The van der Waals surface area contributed by atoms with Crippen LogP contribution >= 0.6 is 0 Å². The van der Waals surface area contributed by atoms with Crippen LogP contribution in [0, 0.1) is 18.8 Å². The van der Waals surface area contributed by atoms with Crippen molar-refractivity contribution in [2.45, 2.75) is 49.1 Å². The van der Waals surface area contributed by atoms with E-state index in [1.807, 2.05) is 43.3 Å². The van der Waals surface area contributed by atoms with Crippen molar-refractivity contribution in [3.63, 3.8) is 0 Å². The van der Waals surface area contributed by atoms with E-state index in [0.29, 0.717) is 19.8 Å². The topological polar surface area (TPSA) is 74.3 Å². The predicted molar refractivity (Wildman–Crippen MR) is 162 cm³/mol. The molecule has 0 N–H and O–H groups in total. The molecule has 0 unspecified atom stereocenters. The average Bonchev–Trinajstić information content (AvgIpc) is 3.49. The first-order valence-corrected chi connectivity index (χ1v) is 15.8. The van der Waals surface area contributed by atoms with Gasteiger partial charge in [0.15, 0.2) is 0 Å². The van der Waals surface area contributed by atoms with Gasteiger partial charge in [0, 0.05) is 31.3 Å². The Balaban J connectivity index is 1.28. The fraction of sp³-hybridized carbons (Fsp3) is 0.314. The van der Waals surface area contributed by atoms with Crippen molar-refractivity contribution in [3.8, 4) is 17.6 Å². The van der Waals surface area contributed by atoms with Crippen molar-refractivity contribution >= 4 is 10.0 Å². The minimum absolute atomic E-state index is 0.225. The van der Waals surface area contributed by atoms with Crippen LogP contribution in [-0.2, 0) is 61.6 Å². The van der Waals surface area contributed by atoms with E-state index in [4.69, 9.17) is 18.9 Å². The van der Waals surface area contributed by atoms with E-state index < -0.39 is 21.0 Å². The SMILES string of the molecule is COc1ccc(COCC#Cc2c3c(c4c5c2COCC52C=CC4(OC)C=C2)CN(S(=O)(=O)c2ccc(C)cc2)C3)cc1. The number of hydrogen-bond acceptors (Lipinski definition) is 6. The molecule has 2 heterocycles. The Labute approximate surface area is 252 Å². The number of benzene rings is 3. The fourth-order valence-corrected chi connectivity index (χ4v) is 8.10. The summed E-state index contributed by atoms with van der Waals surface area (Å²) in [4.78, 5) is 0.284. The molecule has 0 amide bonds. The van der Waals surface area contributed by atoms with Gasteiger partial charge in [-0.1, -0.05) is 53.8 Å². The summed E-state index contributed by atoms with van der Waals surface area (Å²) in [7, 11) is -0.402. The normalized spacial score (nSPS) is 23.0. The Bertz CT molecular complexity index is 1810. The van der Waals surface area contributed by atoms with Gasteiger partial charge in [-0.25, -0.2) is 8.42 Å². The van der Waals surface area contributed by atoms with E-state index in [2.05, 4.69) is 36.1 Å². The number of ether oxygens (including phenoxy) is 4. The Morgan fingerprint density at radius 1 is 0.907 bits per heavy atom. The maximum absolute atomic E-state index is 13.9. The van der Waals surface area contributed by atoms with Crippen molar-refractivity contribution in [3.05, 3.63) is 117 Å². The molecule has 1 spiro atoms. The molecule has 5 aliphatic rings. The monoisotopic (exact) mass is 595 g/mol. The molecule has 0 atom stereocenters. The molecule has 2 aliphatic heterocycles. The van der Waals surface area contributed by atoms with Crippen LogP contribution in [0.15, 0.2) is 77.7 Å². The van der Waals surface area contributed by atoms with Crippen molar-refractivity contribution in [2.24, 2.45) is 0 Å². The second-order valence-electron chi connectivity index (χ2n) is 11.5. The molecule has 220 valence electrons. The number of hydrogen-bond donors (Lipinski definition) is 0. The average molecular weight is 596 g/mol. The standard InChI is InChI=1S/C35H33NO6S/c1-24-6-12-27(13-7-24)43(37,38)36-19-29-28(5-4-18-41-21-25-8-10-26(39-2)11-9-25)31-22-42-23-34-14-16-35(40-3,17-15-34)33(32(31)34)30(29)20-36/h6-17H,18-23H2,1-3H3. The molecule has 3 aromatic rings. The van der Waals surface area contributed by atoms with Crippen LogP contribution < -0.4 is 4.74 Å². The van der Waals surface area contributed by atoms with Gasteiger partial charge in [0.25, 0.3) is 0 Å². The highest BCUT2D eigenvalue weighted by molar-refractivity contribution is 7.89. The number of nitrogens with zero attached hydrogens (tertiary/aromatic N) is 1. The highest BCUT2D eigenvalue weighted by atomic mass is 32.2. The number of aryl methyl sites for hydroxylation is 1. The smallest absolute Gasteiger partial charge is 0.243 e. The van der Waals surface area contributed by atoms with E-state index in [0.717, 1.165) is 50.3 Å². The third-order valence-corrected chi connectivity index (χ3v) is 10.8. The number of sulfonamides is 1. The van der Waals surface area contributed by atoms with E-state index >= 15 is 0 Å². The second-order valence-corrected chi connectivity index (χ2v) is 13.4. The molecule has 8 rings (SSSR count). The van der Waals surface area contributed by atoms with Gasteiger partial charge in [-0.15, -0.1) is 0 Å². The molecular weight excluding hydrogens is 562 g/mol. The van der Waals surface area contributed by atoms with E-state index in [-0.39, 0.29) is 24.6 Å². The first-order valence-electron chi connectivity index (χ1n) is 14.3. The molecule has 0 saturated carbocycles. The van der Waals surface area contributed by atoms with Crippen LogP contribution in [0.3, 0.4) is 0 Å². The summed E-state index contributed by atoms with van der Waals surface area (Å²) >= 11 is 0. The van der Waals surface area contributed by atoms with Crippen LogP contribution in [0.4, 0.5) is 0 Å². The Morgan fingerprint density at radius 2 is 1.63 bits per heavy atom. The van der Waals surface area contributed by atoms with Gasteiger partial charge in [-0.05, 0) is 71.2 Å². The molecule has 8 heteroatoms. The third kappa shape index (κ3) is 4.46. The molecular formula is C35H33NO6S. The predicted octanol–water partition coefficient (Wildman–Crippen LogP) is 5.03. The van der Waals surface area contributed by atoms with Crippen molar-refractivity contribution in [2.75, 3.05) is 27.4 Å². The van der Waals surface area contributed by atoms with Crippen LogP contribution in [-0.4, -0.2) is 40.2 Å². The number of methoxy groups -OCH3 is 2. The molecule has 0 saturated heterocycles. The highest BCUT2D eigenvalue weighted by Crippen LogP contribution is 2.55. The maximum Gasteiger partial charge on any atom is 0.243 e. The van der Waals surface area contributed by atoms with Gasteiger partial charge in [-0.2, -0.15) is 4.31 Å². The summed E-state index contributed by atoms with van der Waals surface area (Å²) in [5, 5.41) is 0. The van der Waals surface area contributed by atoms with Gasteiger partial charge in [0.1, 0.15) is 18.0 Å². The molecule has 3 aliphatic carbocycles. The minimum atomic E-state index is -3.75. The molecule has 3 aromatic carbocycles. The third-order valence-electron chi connectivity index (χ3n) is 9.00.